The molecule has 0 aliphatic carbocycles. The molecule has 0 radical (unpaired) electrons. The standard InChI is InChI=1S/C41H54N4O7/c1-38(2,3)51-36(49)44-23-29-12-10-9-11-27(29)22-32(44)34(47)24-43-26-40(7,8)31-21-28(13-14-30(31)33(43)25-46)35(48)42-18-15-41(16-19-42)17-20-45(41)37(50)52-39(4,5)6/h9-14,21,32,34,47H,15-20,22-24,26H2,1-8H3. The molecule has 2 aromatic rings. The van der Waals surface area contributed by atoms with E-state index in [2.05, 4.69) is 19.8 Å². The van der Waals surface area contributed by atoms with Gasteiger partial charge in [0.2, 0.25) is 0 Å². The van der Waals surface area contributed by atoms with Crippen LogP contribution in [0.15, 0.2) is 42.5 Å². The number of amides is 3. The zero-order chi connectivity index (χ0) is 37.8. The molecule has 2 fully saturated rings. The Kier molecular flexibility index (Phi) is 9.77. The zero-order valence-corrected chi connectivity index (χ0v) is 32.0. The quantitative estimate of drug-likeness (QED) is 0.396. The molecule has 0 bridgehead atoms. The second-order valence-corrected chi connectivity index (χ2v) is 17.6. The zero-order valence-electron chi connectivity index (χ0n) is 32.0. The summed E-state index contributed by atoms with van der Waals surface area (Å²) < 4.78 is 11.4. The van der Waals surface area contributed by atoms with Crippen molar-refractivity contribution < 1.29 is 33.8 Å². The van der Waals surface area contributed by atoms with Crippen LogP contribution in [0.25, 0.3) is 5.70 Å². The SMILES string of the molecule is CC(C)(C)OC(=O)N1Cc2ccccc2CC1C(O)CN1CC(C)(C)c2cc(C(=O)N3CCC4(CC3)CCN4C(=O)OC(C)(C)C)ccc2C1=C=O. The van der Waals surface area contributed by atoms with E-state index in [1.165, 1.54) is 0 Å². The molecular weight excluding hydrogens is 660 g/mol. The predicted molar refractivity (Wildman–Crippen MR) is 197 cm³/mol. The van der Waals surface area contributed by atoms with E-state index in [1.807, 2.05) is 92.6 Å². The lowest BCUT2D eigenvalue weighted by molar-refractivity contribution is -0.0660. The highest BCUT2D eigenvalue weighted by molar-refractivity contribution is 5.96. The summed E-state index contributed by atoms with van der Waals surface area (Å²) in [5.74, 6) is 2.06. The number of benzene rings is 2. The Morgan fingerprint density at radius 3 is 2.12 bits per heavy atom. The molecule has 0 saturated carbocycles. The molecule has 2 saturated heterocycles. The Hall–Kier alpha value is -4.34. The van der Waals surface area contributed by atoms with E-state index < -0.39 is 34.9 Å². The number of β-amino-alcohol motifs (C(OH)–C–C–N with tert-alkyl or cyclic N) is 1. The lowest BCUT2D eigenvalue weighted by atomic mass is 9.75. The molecule has 6 rings (SSSR count). The van der Waals surface area contributed by atoms with Crippen molar-refractivity contribution in [3.05, 3.63) is 70.3 Å². The number of piperidine rings is 1. The number of nitrogens with zero attached hydrogens (tertiary/aromatic N) is 4. The van der Waals surface area contributed by atoms with E-state index in [-0.39, 0.29) is 24.1 Å². The minimum Gasteiger partial charge on any atom is -0.444 e. The van der Waals surface area contributed by atoms with Crippen molar-refractivity contribution >= 4 is 29.7 Å². The third-order valence-corrected chi connectivity index (χ3v) is 11.0. The first kappa shape index (κ1) is 37.4. The maximum atomic E-state index is 13.9. The summed E-state index contributed by atoms with van der Waals surface area (Å²) in [6.07, 6.45) is 0.971. The maximum Gasteiger partial charge on any atom is 0.410 e. The van der Waals surface area contributed by atoms with Crippen molar-refractivity contribution in [3.63, 3.8) is 0 Å². The fourth-order valence-electron chi connectivity index (χ4n) is 8.26. The van der Waals surface area contributed by atoms with Crippen molar-refractivity contribution in [1.82, 2.24) is 19.6 Å². The molecule has 4 aliphatic heterocycles. The van der Waals surface area contributed by atoms with Gasteiger partial charge in [-0.3, -0.25) is 9.69 Å². The summed E-state index contributed by atoms with van der Waals surface area (Å²) in [4.78, 5) is 59.9. The molecule has 2 unspecified atom stereocenters. The Labute approximate surface area is 307 Å². The number of ether oxygens (including phenoxy) is 2. The third-order valence-electron chi connectivity index (χ3n) is 11.0. The molecule has 2 aromatic carbocycles. The highest BCUT2D eigenvalue weighted by Gasteiger charge is 2.51. The van der Waals surface area contributed by atoms with E-state index in [0.717, 1.165) is 23.1 Å². The van der Waals surface area contributed by atoms with Crippen LogP contribution in [0.3, 0.4) is 0 Å². The molecule has 2 atom stereocenters. The van der Waals surface area contributed by atoms with Crippen molar-refractivity contribution in [2.24, 2.45) is 0 Å². The van der Waals surface area contributed by atoms with Crippen molar-refractivity contribution in [3.8, 4) is 0 Å². The monoisotopic (exact) mass is 714 g/mol. The first-order chi connectivity index (χ1) is 24.3. The van der Waals surface area contributed by atoms with Crippen molar-refractivity contribution in [2.45, 2.75) is 122 Å². The molecule has 4 aliphatic rings. The molecule has 11 heteroatoms. The van der Waals surface area contributed by atoms with Gasteiger partial charge in [0.25, 0.3) is 5.91 Å². The first-order valence-electron chi connectivity index (χ1n) is 18.5. The van der Waals surface area contributed by atoms with Crippen molar-refractivity contribution in [1.29, 1.82) is 0 Å². The molecular formula is C41H54N4O7. The van der Waals surface area contributed by atoms with E-state index in [1.54, 1.807) is 11.0 Å². The fourth-order valence-corrected chi connectivity index (χ4v) is 8.26. The minimum atomic E-state index is -0.994. The predicted octanol–water partition coefficient (Wildman–Crippen LogP) is 5.79. The number of carbonyl (C=O) groups excluding carboxylic acids is 4. The number of aliphatic hydroxyl groups excluding tert-OH is 1. The topological polar surface area (TPSA) is 120 Å². The number of hydrogen-bond donors (Lipinski definition) is 1. The number of likely N-dealkylation sites (tertiary alicyclic amines) is 2. The van der Waals surface area contributed by atoms with Crippen LogP contribution in [0, 0.1) is 0 Å². The molecule has 1 N–H and O–H groups in total. The molecule has 52 heavy (non-hydrogen) atoms. The van der Waals surface area contributed by atoms with E-state index in [9.17, 15) is 24.3 Å². The Morgan fingerprint density at radius 2 is 1.52 bits per heavy atom. The molecule has 280 valence electrons. The third kappa shape index (κ3) is 7.44. The smallest absolute Gasteiger partial charge is 0.410 e. The lowest BCUT2D eigenvalue weighted by Crippen LogP contribution is -2.66. The summed E-state index contributed by atoms with van der Waals surface area (Å²) in [6.45, 7) is 17.8. The summed E-state index contributed by atoms with van der Waals surface area (Å²) in [6, 6.07) is 12.8. The Morgan fingerprint density at radius 1 is 0.904 bits per heavy atom. The van der Waals surface area contributed by atoms with Crippen LogP contribution in [0.5, 0.6) is 0 Å². The molecule has 0 aromatic heterocycles. The number of aliphatic hydroxyl groups is 1. The van der Waals surface area contributed by atoms with Gasteiger partial charge in [-0.1, -0.05) is 44.2 Å². The second-order valence-electron chi connectivity index (χ2n) is 17.6. The van der Waals surface area contributed by atoms with Crippen LogP contribution >= 0.6 is 0 Å². The van der Waals surface area contributed by atoms with Gasteiger partial charge in [-0.15, -0.1) is 0 Å². The largest absolute Gasteiger partial charge is 0.444 e. The summed E-state index contributed by atoms with van der Waals surface area (Å²) in [7, 11) is 0. The van der Waals surface area contributed by atoms with Gasteiger partial charge in [-0.05, 0) is 96.0 Å². The highest BCUT2D eigenvalue weighted by Crippen LogP contribution is 2.42. The van der Waals surface area contributed by atoms with Gasteiger partial charge in [0.05, 0.1) is 17.7 Å². The van der Waals surface area contributed by atoms with Crippen LogP contribution in [-0.4, -0.2) is 110 Å². The van der Waals surface area contributed by atoms with E-state index in [4.69, 9.17) is 9.47 Å². The fraction of sp³-hybridized carbons (Fsp3) is 0.585. The van der Waals surface area contributed by atoms with Crippen LogP contribution in [0.4, 0.5) is 9.59 Å². The maximum absolute atomic E-state index is 13.9. The molecule has 3 amide bonds. The Balaban J connectivity index is 1.17. The second kappa shape index (κ2) is 13.6. The Bertz CT molecular complexity index is 1780. The average Bonchev–Trinajstić information content (AvgIpc) is 3.05. The van der Waals surface area contributed by atoms with Gasteiger partial charge in [0.15, 0.2) is 5.94 Å². The van der Waals surface area contributed by atoms with E-state index >= 15 is 0 Å². The lowest BCUT2D eigenvalue weighted by Gasteiger charge is -2.56. The van der Waals surface area contributed by atoms with Crippen LogP contribution < -0.4 is 0 Å². The molecule has 4 heterocycles. The molecule has 1 spiro atoms. The van der Waals surface area contributed by atoms with Gasteiger partial charge in [-0.2, -0.15) is 0 Å². The molecule has 11 nitrogen and oxygen atoms in total. The summed E-state index contributed by atoms with van der Waals surface area (Å²) >= 11 is 0. The average molecular weight is 715 g/mol. The van der Waals surface area contributed by atoms with E-state index in [0.29, 0.717) is 68.8 Å². The van der Waals surface area contributed by atoms with Gasteiger partial charge in [-0.25, -0.2) is 14.4 Å². The number of carbonyl (C=O) groups is 3. The summed E-state index contributed by atoms with van der Waals surface area (Å²) in [5.41, 5.74) is 2.48. The van der Waals surface area contributed by atoms with Gasteiger partial charge in [0.1, 0.15) is 16.9 Å². The summed E-state index contributed by atoms with van der Waals surface area (Å²) in [5, 5.41) is 11.8. The van der Waals surface area contributed by atoms with Crippen LogP contribution in [0.2, 0.25) is 0 Å². The normalized spacial score (nSPS) is 21.4. The first-order valence-corrected chi connectivity index (χ1v) is 18.5. The number of hydrogen-bond acceptors (Lipinski definition) is 8. The van der Waals surface area contributed by atoms with Crippen LogP contribution in [0.1, 0.15) is 107 Å². The van der Waals surface area contributed by atoms with Crippen molar-refractivity contribution in [2.75, 3.05) is 32.7 Å². The van der Waals surface area contributed by atoms with Crippen LogP contribution in [-0.2, 0) is 32.6 Å². The highest BCUT2D eigenvalue weighted by atomic mass is 16.6. The van der Waals surface area contributed by atoms with Gasteiger partial charge >= 0.3 is 12.2 Å². The minimum absolute atomic E-state index is 0.0779. The number of rotatable bonds is 4. The van der Waals surface area contributed by atoms with Gasteiger partial charge in [0, 0.05) is 55.8 Å². The van der Waals surface area contributed by atoms with Gasteiger partial charge < -0.3 is 29.3 Å². The number of fused-ring (bicyclic) bond motifs is 2.